The topological polar surface area (TPSA) is 26.0 Å². The van der Waals surface area contributed by atoms with E-state index in [4.69, 9.17) is 5.73 Å². The number of nitrogens with two attached hydrogens (primary N) is 1. The highest BCUT2D eigenvalue weighted by molar-refractivity contribution is 7.99. The third-order valence-corrected chi connectivity index (χ3v) is 5.58. The Balaban J connectivity index is 2.34. The van der Waals surface area contributed by atoms with Crippen molar-refractivity contribution >= 4 is 23.5 Å². The van der Waals surface area contributed by atoms with Crippen molar-refractivity contribution in [2.45, 2.75) is 35.8 Å². The van der Waals surface area contributed by atoms with Crippen LogP contribution in [-0.4, -0.2) is 11.5 Å². The molecular weight excluding hydrogens is 234 g/mol. The molecule has 0 saturated heterocycles. The maximum Gasteiger partial charge on any atom is 0.0421 e. The fourth-order valence-electron chi connectivity index (χ4n) is 2.22. The lowest BCUT2D eigenvalue weighted by Crippen LogP contribution is -2.32. The van der Waals surface area contributed by atoms with E-state index in [1.54, 1.807) is 11.8 Å². The van der Waals surface area contributed by atoms with Crippen LogP contribution in [0.1, 0.15) is 31.0 Å². The lowest BCUT2D eigenvalue weighted by atomic mass is 9.93. The summed E-state index contributed by atoms with van der Waals surface area (Å²) in [6, 6.07) is 6.91. The van der Waals surface area contributed by atoms with Crippen molar-refractivity contribution in [2.24, 2.45) is 11.7 Å². The van der Waals surface area contributed by atoms with Crippen molar-refractivity contribution in [3.63, 3.8) is 0 Å². The largest absolute Gasteiger partial charge is 0.323 e. The van der Waals surface area contributed by atoms with Gasteiger partial charge in [-0.2, -0.15) is 11.8 Å². The van der Waals surface area contributed by atoms with Gasteiger partial charge in [0.25, 0.3) is 0 Å². The van der Waals surface area contributed by atoms with E-state index in [0.29, 0.717) is 11.2 Å². The average molecular weight is 253 g/mol. The minimum absolute atomic E-state index is 0.195. The van der Waals surface area contributed by atoms with Gasteiger partial charge in [-0.05, 0) is 35.4 Å². The van der Waals surface area contributed by atoms with E-state index < -0.39 is 0 Å². The van der Waals surface area contributed by atoms with Crippen molar-refractivity contribution in [1.82, 2.24) is 0 Å². The monoisotopic (exact) mass is 253 g/mol. The van der Waals surface area contributed by atoms with E-state index in [1.165, 1.54) is 16.0 Å². The van der Waals surface area contributed by atoms with E-state index in [2.05, 4.69) is 38.3 Å². The molecule has 3 heteroatoms. The SMILES string of the molecule is CSc1ccc2c(c1)C(N)C(C(C)C)SC2. The Hall–Kier alpha value is -0.120. The first-order valence-corrected chi connectivity index (χ1v) is 7.95. The zero-order chi connectivity index (χ0) is 11.7. The Morgan fingerprint density at radius 1 is 1.44 bits per heavy atom. The third kappa shape index (κ3) is 2.27. The second-order valence-corrected chi connectivity index (χ2v) is 6.66. The minimum atomic E-state index is 0.195. The molecule has 0 amide bonds. The number of fused-ring (bicyclic) bond motifs is 1. The second-order valence-electron chi connectivity index (χ2n) is 4.61. The van der Waals surface area contributed by atoms with Gasteiger partial charge >= 0.3 is 0 Å². The minimum Gasteiger partial charge on any atom is -0.323 e. The van der Waals surface area contributed by atoms with Crippen LogP contribution in [0.5, 0.6) is 0 Å². The van der Waals surface area contributed by atoms with Gasteiger partial charge in [0, 0.05) is 21.9 Å². The molecular formula is C13H19NS2. The summed E-state index contributed by atoms with van der Waals surface area (Å²) in [6.45, 7) is 4.53. The predicted molar refractivity (Wildman–Crippen MR) is 75.1 cm³/mol. The first-order chi connectivity index (χ1) is 7.63. The van der Waals surface area contributed by atoms with Gasteiger partial charge in [-0.25, -0.2) is 0 Å². The summed E-state index contributed by atoms with van der Waals surface area (Å²) in [5.41, 5.74) is 9.17. The van der Waals surface area contributed by atoms with Crippen molar-refractivity contribution in [3.05, 3.63) is 29.3 Å². The maximum atomic E-state index is 6.39. The molecule has 2 rings (SSSR count). The van der Waals surface area contributed by atoms with Gasteiger partial charge in [0.15, 0.2) is 0 Å². The summed E-state index contributed by atoms with van der Waals surface area (Å²) in [5, 5.41) is 0.560. The molecule has 0 aromatic heterocycles. The molecule has 0 aliphatic carbocycles. The Labute approximate surface area is 107 Å². The predicted octanol–water partition coefficient (Wildman–Crippen LogP) is 3.68. The van der Waals surface area contributed by atoms with E-state index in [9.17, 15) is 0 Å². The van der Waals surface area contributed by atoms with Crippen LogP contribution < -0.4 is 5.73 Å². The molecule has 1 heterocycles. The van der Waals surface area contributed by atoms with E-state index in [0.717, 1.165) is 5.75 Å². The van der Waals surface area contributed by atoms with Crippen molar-refractivity contribution in [2.75, 3.05) is 6.26 Å². The zero-order valence-corrected chi connectivity index (χ0v) is 11.7. The van der Waals surface area contributed by atoms with Crippen LogP contribution in [0, 0.1) is 5.92 Å². The molecule has 0 radical (unpaired) electrons. The summed E-state index contributed by atoms with van der Waals surface area (Å²) in [6.07, 6.45) is 2.12. The molecule has 1 aromatic carbocycles. The number of hydrogen-bond acceptors (Lipinski definition) is 3. The standard InChI is InChI=1S/C13H19NS2/c1-8(2)13-12(14)11-6-10(15-3)5-4-9(11)7-16-13/h4-6,8,12-13H,7,14H2,1-3H3. The summed E-state index contributed by atoms with van der Waals surface area (Å²) < 4.78 is 0. The van der Waals surface area contributed by atoms with Crippen LogP contribution in [0.2, 0.25) is 0 Å². The maximum absolute atomic E-state index is 6.39. The van der Waals surface area contributed by atoms with E-state index in [-0.39, 0.29) is 6.04 Å². The van der Waals surface area contributed by atoms with Crippen LogP contribution in [0.25, 0.3) is 0 Å². The molecule has 2 atom stereocenters. The van der Waals surface area contributed by atoms with E-state index >= 15 is 0 Å². The Bertz CT molecular complexity index is 376. The lowest BCUT2D eigenvalue weighted by Gasteiger charge is -2.33. The number of benzene rings is 1. The molecule has 88 valence electrons. The first-order valence-electron chi connectivity index (χ1n) is 5.67. The summed E-state index contributed by atoms with van der Waals surface area (Å²) in [4.78, 5) is 1.32. The molecule has 0 spiro atoms. The van der Waals surface area contributed by atoms with Crippen molar-refractivity contribution in [3.8, 4) is 0 Å². The highest BCUT2D eigenvalue weighted by Gasteiger charge is 2.29. The summed E-state index contributed by atoms with van der Waals surface area (Å²) in [5.74, 6) is 1.76. The lowest BCUT2D eigenvalue weighted by molar-refractivity contribution is 0.520. The molecule has 2 unspecified atom stereocenters. The normalized spacial score (nSPS) is 24.6. The van der Waals surface area contributed by atoms with Gasteiger partial charge in [-0.3, -0.25) is 0 Å². The summed E-state index contributed by atoms with van der Waals surface area (Å²) >= 11 is 3.79. The second kappa shape index (κ2) is 5.03. The van der Waals surface area contributed by atoms with Crippen molar-refractivity contribution < 1.29 is 0 Å². The van der Waals surface area contributed by atoms with Crippen LogP contribution in [0.15, 0.2) is 23.1 Å². The number of hydrogen-bond donors (Lipinski definition) is 1. The van der Waals surface area contributed by atoms with Gasteiger partial charge in [-0.15, -0.1) is 11.8 Å². The first kappa shape index (κ1) is 12.3. The highest BCUT2D eigenvalue weighted by atomic mass is 32.2. The van der Waals surface area contributed by atoms with Gasteiger partial charge in [0.1, 0.15) is 0 Å². The molecule has 0 bridgehead atoms. The quantitative estimate of drug-likeness (QED) is 0.814. The highest BCUT2D eigenvalue weighted by Crippen LogP contribution is 2.40. The fourth-order valence-corrected chi connectivity index (χ4v) is 4.04. The van der Waals surface area contributed by atoms with Gasteiger partial charge in [0.2, 0.25) is 0 Å². The van der Waals surface area contributed by atoms with Crippen molar-refractivity contribution in [1.29, 1.82) is 0 Å². The summed E-state index contributed by atoms with van der Waals surface area (Å²) in [7, 11) is 0. The molecule has 0 saturated carbocycles. The third-order valence-electron chi connectivity index (χ3n) is 3.15. The molecule has 1 aromatic rings. The smallest absolute Gasteiger partial charge is 0.0421 e. The van der Waals surface area contributed by atoms with Gasteiger partial charge in [0.05, 0.1) is 0 Å². The number of rotatable bonds is 2. The van der Waals surface area contributed by atoms with Crippen LogP contribution in [-0.2, 0) is 5.75 Å². The van der Waals surface area contributed by atoms with Gasteiger partial charge < -0.3 is 5.73 Å². The molecule has 0 fully saturated rings. The van der Waals surface area contributed by atoms with Crippen LogP contribution in [0.4, 0.5) is 0 Å². The Morgan fingerprint density at radius 3 is 2.81 bits per heavy atom. The molecule has 1 aliphatic rings. The number of thioether (sulfide) groups is 2. The fraction of sp³-hybridized carbons (Fsp3) is 0.538. The molecule has 1 aliphatic heterocycles. The van der Waals surface area contributed by atoms with Gasteiger partial charge in [-0.1, -0.05) is 19.9 Å². The molecule has 2 N–H and O–H groups in total. The molecule has 16 heavy (non-hydrogen) atoms. The van der Waals surface area contributed by atoms with E-state index in [1.807, 2.05) is 11.8 Å². The zero-order valence-electron chi connectivity index (χ0n) is 10.1. The van der Waals surface area contributed by atoms with Crippen LogP contribution >= 0.6 is 23.5 Å². The molecule has 1 nitrogen and oxygen atoms in total. The Kier molecular flexibility index (Phi) is 3.88. The van der Waals surface area contributed by atoms with Crippen LogP contribution in [0.3, 0.4) is 0 Å². The Morgan fingerprint density at radius 2 is 2.19 bits per heavy atom. The average Bonchev–Trinajstić information content (AvgIpc) is 2.28.